The topological polar surface area (TPSA) is 159 Å². The van der Waals surface area contributed by atoms with Gasteiger partial charge in [0.05, 0.1) is 43.0 Å². The van der Waals surface area contributed by atoms with Crippen molar-refractivity contribution < 1.29 is 38.1 Å². The number of hydrogen-bond donors (Lipinski definition) is 1. The fraction of sp³-hybridized carbons (Fsp3) is 0.487. The third-order valence-corrected chi connectivity index (χ3v) is 9.67. The molecule has 54 heavy (non-hydrogen) atoms. The van der Waals surface area contributed by atoms with Crippen LogP contribution in [0.3, 0.4) is 0 Å². The summed E-state index contributed by atoms with van der Waals surface area (Å²) in [6.45, 7) is 15.9. The highest BCUT2D eigenvalue weighted by molar-refractivity contribution is 6.23. The lowest BCUT2D eigenvalue weighted by Crippen LogP contribution is -2.46. The summed E-state index contributed by atoms with van der Waals surface area (Å²) in [5.74, 6) is 1.58. The van der Waals surface area contributed by atoms with E-state index < -0.39 is 28.8 Å². The van der Waals surface area contributed by atoms with Gasteiger partial charge in [-0.3, -0.25) is 4.79 Å². The number of fused-ring (bicyclic) bond motifs is 3. The number of carbonyl (C=O) groups is 3. The summed E-state index contributed by atoms with van der Waals surface area (Å²) in [7, 11) is 3.11. The van der Waals surface area contributed by atoms with E-state index in [1.165, 1.54) is 11.0 Å². The quantitative estimate of drug-likeness (QED) is 0.223. The molecular formula is C39H47N7O8. The summed E-state index contributed by atoms with van der Waals surface area (Å²) in [4.78, 5) is 53.8. The van der Waals surface area contributed by atoms with E-state index in [9.17, 15) is 14.4 Å². The molecule has 2 amide bonds. The van der Waals surface area contributed by atoms with E-state index in [2.05, 4.69) is 20.2 Å². The van der Waals surface area contributed by atoms with Gasteiger partial charge in [-0.1, -0.05) is 6.07 Å². The van der Waals surface area contributed by atoms with Crippen LogP contribution in [0.15, 0.2) is 42.7 Å². The largest absolute Gasteiger partial charge is 0.497 e. The number of benzene rings is 2. The highest BCUT2D eigenvalue weighted by Gasteiger charge is 2.68. The van der Waals surface area contributed by atoms with Crippen molar-refractivity contribution in [3.05, 3.63) is 53.9 Å². The van der Waals surface area contributed by atoms with Gasteiger partial charge in [0.1, 0.15) is 23.3 Å². The minimum absolute atomic E-state index is 0.00600. The van der Waals surface area contributed by atoms with Crippen LogP contribution in [0.2, 0.25) is 0 Å². The van der Waals surface area contributed by atoms with E-state index in [4.69, 9.17) is 28.8 Å². The molecule has 7 rings (SSSR count). The van der Waals surface area contributed by atoms with Crippen LogP contribution in [-0.2, 0) is 24.4 Å². The van der Waals surface area contributed by atoms with Crippen molar-refractivity contribution in [3.63, 3.8) is 0 Å². The van der Waals surface area contributed by atoms with Gasteiger partial charge >= 0.3 is 12.2 Å². The molecule has 1 N–H and O–H groups in total. The molecule has 4 heterocycles. The summed E-state index contributed by atoms with van der Waals surface area (Å²) >= 11 is 0. The predicted octanol–water partition coefficient (Wildman–Crippen LogP) is 6.69. The minimum Gasteiger partial charge on any atom is -0.497 e. The first-order valence-electron chi connectivity index (χ1n) is 18.0. The maximum atomic E-state index is 14.3. The summed E-state index contributed by atoms with van der Waals surface area (Å²) in [6.07, 6.45) is 0.452. The van der Waals surface area contributed by atoms with E-state index >= 15 is 0 Å². The van der Waals surface area contributed by atoms with Crippen molar-refractivity contribution in [2.24, 2.45) is 0 Å². The van der Waals surface area contributed by atoms with Crippen LogP contribution in [-0.4, -0.2) is 88.6 Å². The Hall–Kier alpha value is -5.44. The fourth-order valence-corrected chi connectivity index (χ4v) is 7.52. The van der Waals surface area contributed by atoms with Crippen molar-refractivity contribution >= 4 is 52.1 Å². The van der Waals surface area contributed by atoms with Crippen molar-refractivity contribution in [2.45, 2.75) is 96.6 Å². The molecule has 0 radical (unpaired) electrons. The number of methoxy groups -OCH3 is 2. The van der Waals surface area contributed by atoms with Gasteiger partial charge in [0.15, 0.2) is 17.5 Å². The third kappa shape index (κ3) is 6.54. The zero-order valence-electron chi connectivity index (χ0n) is 32.3. The number of hydrogen-bond acceptors (Lipinski definition) is 13. The molecule has 4 aromatic rings. The number of morpholine rings is 1. The van der Waals surface area contributed by atoms with Gasteiger partial charge in [-0.05, 0) is 103 Å². The van der Waals surface area contributed by atoms with E-state index in [1.54, 1.807) is 67.9 Å². The first-order valence-corrected chi connectivity index (χ1v) is 18.0. The smallest absolute Gasteiger partial charge is 0.435 e. The normalized spacial score (nSPS) is 22.3. The van der Waals surface area contributed by atoms with Gasteiger partial charge in [0.2, 0.25) is 11.7 Å². The Morgan fingerprint density at radius 2 is 1.57 bits per heavy atom. The van der Waals surface area contributed by atoms with Gasteiger partial charge in [-0.2, -0.15) is 4.68 Å². The molecule has 0 unspecified atom stereocenters. The van der Waals surface area contributed by atoms with Crippen LogP contribution < -0.4 is 24.6 Å². The van der Waals surface area contributed by atoms with Crippen LogP contribution in [0.5, 0.6) is 11.5 Å². The number of imide groups is 1. The number of amides is 2. The van der Waals surface area contributed by atoms with E-state index in [0.717, 1.165) is 10.5 Å². The zero-order chi connectivity index (χ0) is 38.9. The van der Waals surface area contributed by atoms with E-state index in [1.807, 2.05) is 38.1 Å². The summed E-state index contributed by atoms with van der Waals surface area (Å²) in [5.41, 5.74) is -0.269. The number of rotatable bonds is 6. The molecule has 2 aliphatic heterocycles. The number of nitrogens with zero attached hydrogens (tertiary/aromatic N) is 6. The molecule has 1 saturated heterocycles. The standard InChI is InChI=1S/C39H47N7O8/c1-21-18-44(19-22(2)52-21)33-30(51-10)32(40-20-41-33)42-31-25-13-11-23(15-29(25)46(43-31)36(49)54-38(6,7)8)27-17-39(27)26-16-24(50-9)12-14-28(26)45(34(39)47)35(48)53-37(3,4)5/h11-16,20-22,27H,17-19H2,1-10H3,(H,40,41,42,43)/t21-,22+,27-,39-/m0/s1. The lowest BCUT2D eigenvalue weighted by Gasteiger charge is -2.36. The van der Waals surface area contributed by atoms with Gasteiger partial charge in [-0.25, -0.2) is 24.5 Å². The summed E-state index contributed by atoms with van der Waals surface area (Å²) < 4.78 is 30.0. The monoisotopic (exact) mass is 741 g/mol. The Kier molecular flexibility index (Phi) is 8.98. The highest BCUT2D eigenvalue weighted by atomic mass is 16.6. The average Bonchev–Trinajstić information content (AvgIpc) is 3.67. The summed E-state index contributed by atoms with van der Waals surface area (Å²) in [6, 6.07) is 10.9. The van der Waals surface area contributed by atoms with Gasteiger partial charge in [-0.15, -0.1) is 5.10 Å². The number of carbonyl (C=O) groups excluding carboxylic acids is 3. The number of nitrogens with one attached hydrogen (secondary N) is 1. The molecule has 2 aromatic heterocycles. The first kappa shape index (κ1) is 36.9. The molecule has 286 valence electrons. The van der Waals surface area contributed by atoms with Crippen LogP contribution >= 0.6 is 0 Å². The second kappa shape index (κ2) is 13.1. The first-order chi connectivity index (χ1) is 25.4. The summed E-state index contributed by atoms with van der Waals surface area (Å²) in [5, 5.41) is 8.58. The van der Waals surface area contributed by atoms with Crippen LogP contribution in [0, 0.1) is 0 Å². The van der Waals surface area contributed by atoms with Crippen LogP contribution in [0.4, 0.5) is 32.7 Å². The molecule has 1 saturated carbocycles. The average molecular weight is 742 g/mol. The van der Waals surface area contributed by atoms with Gasteiger partial charge < -0.3 is 33.9 Å². The Morgan fingerprint density at radius 3 is 2.22 bits per heavy atom. The second-order valence-corrected chi connectivity index (χ2v) is 16.1. The Morgan fingerprint density at radius 1 is 0.889 bits per heavy atom. The fourth-order valence-electron chi connectivity index (χ4n) is 7.52. The number of aromatic nitrogens is 4. The number of anilines is 4. The van der Waals surface area contributed by atoms with Crippen molar-refractivity contribution in [2.75, 3.05) is 42.4 Å². The lowest BCUT2D eigenvalue weighted by atomic mass is 9.91. The number of ether oxygens (including phenoxy) is 5. The lowest BCUT2D eigenvalue weighted by molar-refractivity contribution is -0.120. The Bertz CT molecular complexity index is 2140. The second-order valence-electron chi connectivity index (χ2n) is 16.1. The van der Waals surface area contributed by atoms with Gasteiger partial charge in [0.25, 0.3) is 0 Å². The highest BCUT2D eigenvalue weighted by Crippen LogP contribution is 2.67. The van der Waals surface area contributed by atoms with E-state index in [-0.39, 0.29) is 24.0 Å². The molecule has 4 atom stereocenters. The molecule has 15 heteroatoms. The maximum absolute atomic E-state index is 14.3. The third-order valence-electron chi connectivity index (χ3n) is 9.67. The molecule has 15 nitrogen and oxygen atoms in total. The Balaban J connectivity index is 1.29. The zero-order valence-corrected chi connectivity index (χ0v) is 32.3. The molecule has 0 bridgehead atoms. The Labute approximate surface area is 313 Å². The molecule has 1 aliphatic carbocycles. The molecule has 3 aliphatic rings. The molecule has 2 aromatic carbocycles. The van der Waals surface area contributed by atoms with Crippen molar-refractivity contribution in [1.82, 2.24) is 19.7 Å². The molecule has 2 fully saturated rings. The molecule has 1 spiro atoms. The van der Waals surface area contributed by atoms with Gasteiger partial charge in [0, 0.05) is 24.4 Å². The van der Waals surface area contributed by atoms with Crippen LogP contribution in [0.1, 0.15) is 78.9 Å². The predicted molar refractivity (Wildman–Crippen MR) is 201 cm³/mol. The van der Waals surface area contributed by atoms with Crippen molar-refractivity contribution in [3.8, 4) is 11.5 Å². The molecular weight excluding hydrogens is 694 g/mol. The van der Waals surface area contributed by atoms with Crippen molar-refractivity contribution in [1.29, 1.82) is 0 Å². The van der Waals surface area contributed by atoms with E-state index in [0.29, 0.717) is 70.6 Å². The maximum Gasteiger partial charge on any atom is 0.435 e. The van der Waals surface area contributed by atoms with Crippen LogP contribution in [0.25, 0.3) is 10.9 Å². The minimum atomic E-state index is -1.04. The SMILES string of the molecule is COc1ccc2c(c1)[C@]1(C[C@H]1c1ccc3c(Nc4ncnc(N5C[C@@H](C)O[C@@H](C)C5)c4OC)nn(C(=O)OC(C)(C)C)c3c1)C(=O)N2C(=O)OC(C)(C)C.